The van der Waals surface area contributed by atoms with Gasteiger partial charge in [0.05, 0.1) is 11.9 Å². The number of pyridine rings is 1. The predicted octanol–water partition coefficient (Wildman–Crippen LogP) is 5.14. The zero-order chi connectivity index (χ0) is 25.7. The molecule has 2 amide bonds. The summed E-state index contributed by atoms with van der Waals surface area (Å²) in [7, 11) is 0. The summed E-state index contributed by atoms with van der Waals surface area (Å²) in [4.78, 5) is 35.1. The zero-order valence-corrected chi connectivity index (χ0v) is 22.2. The first-order chi connectivity index (χ1) is 17.2. The van der Waals surface area contributed by atoms with Crippen molar-refractivity contribution in [3.8, 4) is 11.1 Å². The third kappa shape index (κ3) is 6.56. The summed E-state index contributed by atoms with van der Waals surface area (Å²) in [6.45, 7) is 12.0. The van der Waals surface area contributed by atoms with Crippen LogP contribution in [0.3, 0.4) is 0 Å². The van der Waals surface area contributed by atoms with Gasteiger partial charge < -0.3 is 19.4 Å². The second-order valence-electron chi connectivity index (χ2n) is 10.9. The Morgan fingerprint density at radius 2 is 2.00 bits per heavy atom. The van der Waals surface area contributed by atoms with Crippen LogP contribution in [0.4, 0.5) is 10.5 Å². The van der Waals surface area contributed by atoms with Gasteiger partial charge >= 0.3 is 6.09 Å². The van der Waals surface area contributed by atoms with Crippen LogP contribution in [-0.2, 0) is 16.0 Å². The molecule has 36 heavy (non-hydrogen) atoms. The Morgan fingerprint density at radius 1 is 1.17 bits per heavy atom. The normalized spacial score (nSPS) is 17.8. The molecule has 2 aromatic rings. The maximum atomic E-state index is 12.5. The highest BCUT2D eigenvalue weighted by atomic mass is 16.6. The number of nitrogens with zero attached hydrogens (tertiary/aromatic N) is 4. The molecule has 0 spiro atoms. The van der Waals surface area contributed by atoms with Gasteiger partial charge in [0.15, 0.2) is 0 Å². The van der Waals surface area contributed by atoms with E-state index in [0.29, 0.717) is 6.42 Å². The smallest absolute Gasteiger partial charge is 0.410 e. The molecule has 3 heterocycles. The second kappa shape index (κ2) is 11.3. The number of hydrogen-bond donors (Lipinski definition) is 0. The molecule has 2 aliphatic rings. The number of anilines is 1. The first-order valence-corrected chi connectivity index (χ1v) is 13.3. The molecule has 2 fully saturated rings. The van der Waals surface area contributed by atoms with Crippen LogP contribution in [0.5, 0.6) is 0 Å². The molecule has 0 saturated carbocycles. The fraction of sp³-hybridized carbons (Fsp3) is 0.552. The van der Waals surface area contributed by atoms with Crippen LogP contribution in [0.2, 0.25) is 0 Å². The van der Waals surface area contributed by atoms with Crippen molar-refractivity contribution >= 4 is 17.7 Å². The molecule has 7 heteroatoms. The van der Waals surface area contributed by atoms with Crippen LogP contribution in [-0.4, -0.2) is 71.2 Å². The molecular weight excluding hydrogens is 452 g/mol. The molecule has 1 aromatic carbocycles. The minimum absolute atomic E-state index is 0.209. The lowest BCUT2D eigenvalue weighted by molar-refractivity contribution is -0.127. The van der Waals surface area contributed by atoms with Crippen LogP contribution in [0.25, 0.3) is 11.1 Å². The number of amides is 2. The zero-order valence-electron chi connectivity index (χ0n) is 22.2. The quantitative estimate of drug-likeness (QED) is 0.485. The molecule has 0 radical (unpaired) electrons. The second-order valence-corrected chi connectivity index (χ2v) is 10.9. The third-order valence-electron chi connectivity index (χ3n) is 7.08. The Bertz CT molecular complexity index is 1060. The summed E-state index contributed by atoms with van der Waals surface area (Å²) in [5.41, 5.74) is 4.08. The molecule has 2 aliphatic heterocycles. The van der Waals surface area contributed by atoms with Crippen molar-refractivity contribution in [3.63, 3.8) is 0 Å². The number of ether oxygens (including phenoxy) is 1. The standard InChI is InChI=1S/C29H40N4O3/c1-5-31(16-12-25-13-17-33(25)28(35)36-29(2,3)4)26-19-24(20-30-21-26)23-9-6-8-22(18-23)11-15-32-14-7-10-27(32)34/h6,8-9,18-21,25H,5,7,10-17H2,1-4H3. The van der Waals surface area contributed by atoms with Crippen molar-refractivity contribution in [2.24, 2.45) is 0 Å². The van der Waals surface area contributed by atoms with Gasteiger partial charge in [-0.1, -0.05) is 24.3 Å². The summed E-state index contributed by atoms with van der Waals surface area (Å²) in [5, 5.41) is 0. The maximum Gasteiger partial charge on any atom is 0.410 e. The van der Waals surface area contributed by atoms with Gasteiger partial charge in [0.2, 0.25) is 5.91 Å². The van der Waals surface area contributed by atoms with E-state index in [2.05, 4.69) is 47.1 Å². The van der Waals surface area contributed by atoms with E-state index in [9.17, 15) is 9.59 Å². The summed E-state index contributed by atoms with van der Waals surface area (Å²) >= 11 is 0. The SMILES string of the molecule is CCN(CCC1CCN1C(=O)OC(C)(C)C)c1cncc(-c2cccc(CCN3CCCC3=O)c2)c1. The maximum absolute atomic E-state index is 12.5. The Hall–Kier alpha value is -3.09. The largest absolute Gasteiger partial charge is 0.444 e. The predicted molar refractivity (Wildman–Crippen MR) is 143 cm³/mol. The third-order valence-corrected chi connectivity index (χ3v) is 7.08. The lowest BCUT2D eigenvalue weighted by Gasteiger charge is -2.42. The molecule has 7 nitrogen and oxygen atoms in total. The van der Waals surface area contributed by atoms with Crippen LogP contribution in [0, 0.1) is 0 Å². The highest BCUT2D eigenvalue weighted by Crippen LogP contribution is 2.27. The van der Waals surface area contributed by atoms with Gasteiger partial charge in [-0.25, -0.2) is 4.79 Å². The number of likely N-dealkylation sites (tertiary alicyclic amines) is 2. The van der Waals surface area contributed by atoms with Crippen molar-refractivity contribution in [2.45, 2.75) is 71.4 Å². The van der Waals surface area contributed by atoms with Crippen LogP contribution in [0.15, 0.2) is 42.7 Å². The molecule has 1 atom stereocenters. The fourth-order valence-electron chi connectivity index (χ4n) is 4.95. The van der Waals surface area contributed by atoms with Crippen molar-refractivity contribution in [1.29, 1.82) is 0 Å². The van der Waals surface area contributed by atoms with Gasteiger partial charge in [-0.3, -0.25) is 9.78 Å². The summed E-state index contributed by atoms with van der Waals surface area (Å²) < 4.78 is 5.56. The number of aromatic nitrogens is 1. The number of rotatable bonds is 9. The Labute approximate surface area is 215 Å². The summed E-state index contributed by atoms with van der Waals surface area (Å²) in [5.74, 6) is 0.277. The molecule has 2 saturated heterocycles. The van der Waals surface area contributed by atoms with E-state index in [0.717, 1.165) is 75.2 Å². The number of carbonyl (C=O) groups excluding carboxylic acids is 2. The summed E-state index contributed by atoms with van der Waals surface area (Å²) in [6.07, 6.45) is 8.08. The minimum Gasteiger partial charge on any atom is -0.444 e. The molecule has 0 aliphatic carbocycles. The average molecular weight is 493 g/mol. The lowest BCUT2D eigenvalue weighted by atomic mass is 9.99. The molecule has 1 unspecified atom stereocenters. The molecule has 0 bridgehead atoms. The monoisotopic (exact) mass is 492 g/mol. The molecule has 4 rings (SSSR count). The lowest BCUT2D eigenvalue weighted by Crippen LogP contribution is -2.53. The Kier molecular flexibility index (Phi) is 8.17. The van der Waals surface area contributed by atoms with Gasteiger partial charge in [0.1, 0.15) is 5.60 Å². The molecular formula is C29H40N4O3. The van der Waals surface area contributed by atoms with E-state index >= 15 is 0 Å². The van der Waals surface area contributed by atoms with E-state index < -0.39 is 5.60 Å². The van der Waals surface area contributed by atoms with Gasteiger partial charge in [-0.15, -0.1) is 0 Å². The highest BCUT2D eigenvalue weighted by Gasteiger charge is 2.35. The first-order valence-electron chi connectivity index (χ1n) is 13.3. The molecule has 1 aromatic heterocycles. The Morgan fingerprint density at radius 3 is 2.67 bits per heavy atom. The average Bonchev–Trinajstić information content (AvgIpc) is 3.23. The van der Waals surface area contributed by atoms with E-state index in [-0.39, 0.29) is 18.0 Å². The van der Waals surface area contributed by atoms with Crippen LogP contribution < -0.4 is 4.90 Å². The van der Waals surface area contributed by atoms with E-state index in [4.69, 9.17) is 4.74 Å². The minimum atomic E-state index is -0.471. The summed E-state index contributed by atoms with van der Waals surface area (Å²) in [6, 6.07) is 11.0. The van der Waals surface area contributed by atoms with E-state index in [1.807, 2.05) is 43.0 Å². The van der Waals surface area contributed by atoms with Crippen molar-refractivity contribution in [3.05, 3.63) is 48.3 Å². The fourth-order valence-corrected chi connectivity index (χ4v) is 4.95. The number of hydrogen-bond acceptors (Lipinski definition) is 5. The van der Waals surface area contributed by atoms with Crippen molar-refractivity contribution in [1.82, 2.24) is 14.8 Å². The Balaban J connectivity index is 1.37. The van der Waals surface area contributed by atoms with E-state index in [1.165, 1.54) is 5.56 Å². The van der Waals surface area contributed by atoms with Crippen molar-refractivity contribution < 1.29 is 14.3 Å². The van der Waals surface area contributed by atoms with Gasteiger partial charge in [-0.05, 0) is 70.6 Å². The van der Waals surface area contributed by atoms with E-state index in [1.54, 1.807) is 0 Å². The number of carbonyl (C=O) groups is 2. The van der Waals surface area contributed by atoms with Gasteiger partial charge in [0, 0.05) is 56.9 Å². The van der Waals surface area contributed by atoms with Crippen LogP contribution >= 0.6 is 0 Å². The highest BCUT2D eigenvalue weighted by molar-refractivity contribution is 5.78. The van der Waals surface area contributed by atoms with Crippen molar-refractivity contribution in [2.75, 3.05) is 37.6 Å². The topological polar surface area (TPSA) is 66.0 Å². The first kappa shape index (κ1) is 26.0. The van der Waals surface area contributed by atoms with Crippen LogP contribution in [0.1, 0.15) is 58.9 Å². The van der Waals surface area contributed by atoms with Gasteiger partial charge in [0.25, 0.3) is 0 Å². The molecule has 0 N–H and O–H groups in total. The number of benzene rings is 1. The molecule has 194 valence electrons. The van der Waals surface area contributed by atoms with Gasteiger partial charge in [-0.2, -0.15) is 0 Å².